The van der Waals surface area contributed by atoms with E-state index >= 15 is 0 Å². The smallest absolute Gasteiger partial charge is 0.303 e. The lowest BCUT2D eigenvalue weighted by atomic mass is 9.92. The molecule has 0 saturated carbocycles. The Kier molecular flexibility index (Phi) is 4.45. The number of aryl methyl sites for hydroxylation is 1. The van der Waals surface area contributed by atoms with Gasteiger partial charge in [-0.2, -0.15) is 0 Å². The number of amides is 1. The molecular formula is C16H23N3O3. The molecule has 1 saturated heterocycles. The van der Waals surface area contributed by atoms with Crippen LogP contribution in [0.1, 0.15) is 54.8 Å². The highest BCUT2D eigenvalue weighted by Crippen LogP contribution is 2.24. The number of hydrogen-bond donors (Lipinski definition) is 1. The van der Waals surface area contributed by atoms with E-state index < -0.39 is 5.97 Å². The fourth-order valence-corrected chi connectivity index (χ4v) is 3.50. The highest BCUT2D eigenvalue weighted by atomic mass is 16.4. The van der Waals surface area contributed by atoms with E-state index in [0.717, 1.165) is 38.6 Å². The topological polar surface area (TPSA) is 75.4 Å². The van der Waals surface area contributed by atoms with Gasteiger partial charge < -0.3 is 14.6 Å². The second-order valence-corrected chi connectivity index (χ2v) is 6.35. The Morgan fingerprint density at radius 1 is 1.23 bits per heavy atom. The molecule has 2 aliphatic rings. The summed E-state index contributed by atoms with van der Waals surface area (Å²) in [5.74, 6) is 0.306. The first-order chi connectivity index (χ1) is 10.6. The summed E-state index contributed by atoms with van der Waals surface area (Å²) < 4.78 is 2.07. The minimum absolute atomic E-state index is 0.0323. The molecular weight excluding hydrogens is 282 g/mol. The lowest BCUT2D eigenvalue weighted by Gasteiger charge is -2.32. The summed E-state index contributed by atoms with van der Waals surface area (Å²) in [6.45, 7) is 2.32. The highest BCUT2D eigenvalue weighted by Gasteiger charge is 2.27. The number of nitrogens with zero attached hydrogens (tertiary/aromatic N) is 3. The van der Waals surface area contributed by atoms with Crippen molar-refractivity contribution in [1.82, 2.24) is 14.5 Å². The molecule has 3 heterocycles. The van der Waals surface area contributed by atoms with Crippen LogP contribution in [0.25, 0.3) is 0 Å². The average Bonchev–Trinajstić information content (AvgIpc) is 2.97. The molecule has 6 nitrogen and oxygen atoms in total. The maximum absolute atomic E-state index is 12.7. The molecule has 1 N–H and O–H groups in total. The number of aromatic nitrogens is 2. The number of carboxylic acids is 1. The molecule has 3 rings (SSSR count). The van der Waals surface area contributed by atoms with Gasteiger partial charge in [0, 0.05) is 37.9 Å². The minimum Gasteiger partial charge on any atom is -0.481 e. The Bertz CT molecular complexity index is 559. The number of carbonyl (C=O) groups excluding carboxylic acids is 1. The largest absolute Gasteiger partial charge is 0.481 e. The number of carboxylic acid groups (broad SMARTS) is 1. The molecule has 1 aromatic rings. The van der Waals surface area contributed by atoms with Crippen molar-refractivity contribution in [1.29, 1.82) is 0 Å². The number of carbonyl (C=O) groups is 2. The van der Waals surface area contributed by atoms with Gasteiger partial charge in [0.25, 0.3) is 5.91 Å². The highest BCUT2D eigenvalue weighted by molar-refractivity contribution is 5.91. The summed E-state index contributed by atoms with van der Waals surface area (Å²) in [6, 6.07) is 0. The Balaban J connectivity index is 1.58. The molecule has 1 fully saturated rings. The third kappa shape index (κ3) is 3.15. The fourth-order valence-electron chi connectivity index (χ4n) is 3.50. The van der Waals surface area contributed by atoms with Crippen LogP contribution in [-0.4, -0.2) is 44.5 Å². The molecule has 0 aromatic carbocycles. The van der Waals surface area contributed by atoms with Gasteiger partial charge in [0.2, 0.25) is 0 Å². The van der Waals surface area contributed by atoms with Crippen LogP contribution in [0.3, 0.4) is 0 Å². The van der Waals surface area contributed by atoms with Crippen LogP contribution >= 0.6 is 0 Å². The van der Waals surface area contributed by atoms with Crippen LogP contribution in [-0.2, 0) is 17.8 Å². The van der Waals surface area contributed by atoms with Gasteiger partial charge >= 0.3 is 5.97 Å². The van der Waals surface area contributed by atoms with Gasteiger partial charge in [-0.15, -0.1) is 0 Å². The summed E-state index contributed by atoms with van der Waals surface area (Å²) in [4.78, 5) is 29.5. The zero-order valence-electron chi connectivity index (χ0n) is 12.8. The molecule has 1 aromatic heterocycles. The molecule has 1 amide bonds. The van der Waals surface area contributed by atoms with Gasteiger partial charge in [-0.3, -0.25) is 9.59 Å². The van der Waals surface area contributed by atoms with E-state index in [1.165, 1.54) is 12.1 Å². The van der Waals surface area contributed by atoms with E-state index in [4.69, 9.17) is 5.11 Å². The number of imidazole rings is 1. The molecule has 22 heavy (non-hydrogen) atoms. The van der Waals surface area contributed by atoms with Gasteiger partial charge in [-0.05, 0) is 44.4 Å². The summed E-state index contributed by atoms with van der Waals surface area (Å²) >= 11 is 0. The minimum atomic E-state index is -0.734. The first kappa shape index (κ1) is 15.1. The zero-order chi connectivity index (χ0) is 15.5. The summed E-state index contributed by atoms with van der Waals surface area (Å²) in [5.41, 5.74) is 1.17. The van der Waals surface area contributed by atoms with Crippen molar-refractivity contribution in [3.63, 3.8) is 0 Å². The monoisotopic (exact) mass is 305 g/mol. The maximum atomic E-state index is 12.7. The van der Waals surface area contributed by atoms with Gasteiger partial charge in [-0.25, -0.2) is 4.98 Å². The second-order valence-electron chi connectivity index (χ2n) is 6.35. The third-order valence-corrected chi connectivity index (χ3v) is 4.86. The van der Waals surface area contributed by atoms with Crippen LogP contribution in [0.4, 0.5) is 0 Å². The predicted molar refractivity (Wildman–Crippen MR) is 80.7 cm³/mol. The Hall–Kier alpha value is -1.85. The van der Waals surface area contributed by atoms with E-state index in [2.05, 4.69) is 9.55 Å². The first-order valence-corrected chi connectivity index (χ1v) is 8.20. The average molecular weight is 305 g/mol. The van der Waals surface area contributed by atoms with Crippen LogP contribution in [0, 0.1) is 5.92 Å². The Morgan fingerprint density at radius 3 is 2.73 bits per heavy atom. The van der Waals surface area contributed by atoms with E-state index in [9.17, 15) is 9.59 Å². The molecule has 120 valence electrons. The van der Waals surface area contributed by atoms with Crippen LogP contribution in [0.15, 0.2) is 6.20 Å². The van der Waals surface area contributed by atoms with E-state index in [0.29, 0.717) is 24.8 Å². The van der Waals surface area contributed by atoms with Crippen molar-refractivity contribution in [3.8, 4) is 0 Å². The number of likely N-dealkylation sites (tertiary alicyclic amines) is 1. The number of hydrogen-bond acceptors (Lipinski definition) is 3. The molecule has 0 aliphatic carbocycles. The van der Waals surface area contributed by atoms with Crippen molar-refractivity contribution in [2.24, 2.45) is 5.92 Å². The Morgan fingerprint density at radius 2 is 2.00 bits per heavy atom. The molecule has 0 radical (unpaired) electrons. The second kappa shape index (κ2) is 6.50. The van der Waals surface area contributed by atoms with Crippen molar-refractivity contribution in [2.75, 3.05) is 13.1 Å². The van der Waals surface area contributed by atoms with Crippen LogP contribution < -0.4 is 0 Å². The van der Waals surface area contributed by atoms with Gasteiger partial charge in [0.1, 0.15) is 0 Å². The van der Waals surface area contributed by atoms with Crippen LogP contribution in [0.5, 0.6) is 0 Å². The Labute approximate surface area is 130 Å². The lowest BCUT2D eigenvalue weighted by Crippen LogP contribution is -2.40. The van der Waals surface area contributed by atoms with E-state index in [1.54, 1.807) is 0 Å². The predicted octanol–water partition coefficient (Wildman–Crippen LogP) is 1.94. The normalized spacial score (nSPS) is 19.0. The molecule has 0 unspecified atom stereocenters. The van der Waals surface area contributed by atoms with Gasteiger partial charge in [-0.1, -0.05) is 0 Å². The first-order valence-electron chi connectivity index (χ1n) is 8.20. The molecule has 2 aliphatic heterocycles. The van der Waals surface area contributed by atoms with Crippen molar-refractivity contribution < 1.29 is 14.7 Å². The van der Waals surface area contributed by atoms with E-state index in [1.807, 2.05) is 11.1 Å². The van der Waals surface area contributed by atoms with E-state index in [-0.39, 0.29) is 12.3 Å². The standard InChI is InChI=1S/C16H23N3O3/c20-14(21)5-4-12-6-9-18(10-7-12)16(22)15-17-11-13-3-1-2-8-19(13)15/h11-12H,1-10H2,(H,20,21). The number of rotatable bonds is 4. The van der Waals surface area contributed by atoms with Gasteiger partial charge in [0.05, 0.1) is 0 Å². The van der Waals surface area contributed by atoms with Gasteiger partial charge in [0.15, 0.2) is 5.82 Å². The zero-order valence-corrected chi connectivity index (χ0v) is 12.8. The molecule has 0 spiro atoms. The number of fused-ring (bicyclic) bond motifs is 1. The summed E-state index contributed by atoms with van der Waals surface area (Å²) in [6.07, 6.45) is 7.88. The third-order valence-electron chi connectivity index (χ3n) is 4.86. The molecule has 0 atom stereocenters. The summed E-state index contributed by atoms with van der Waals surface area (Å²) in [5, 5.41) is 8.75. The fraction of sp³-hybridized carbons (Fsp3) is 0.688. The van der Waals surface area contributed by atoms with Crippen LogP contribution in [0.2, 0.25) is 0 Å². The van der Waals surface area contributed by atoms with Crippen molar-refractivity contribution >= 4 is 11.9 Å². The van der Waals surface area contributed by atoms with Crippen molar-refractivity contribution in [2.45, 2.75) is 51.5 Å². The lowest BCUT2D eigenvalue weighted by molar-refractivity contribution is -0.137. The quantitative estimate of drug-likeness (QED) is 0.922. The maximum Gasteiger partial charge on any atom is 0.303 e. The SMILES string of the molecule is O=C(O)CCC1CCN(C(=O)c2ncc3n2CCCC3)CC1. The van der Waals surface area contributed by atoms with Crippen molar-refractivity contribution in [3.05, 3.63) is 17.7 Å². The number of piperidine rings is 1. The number of aliphatic carboxylic acids is 1. The molecule has 0 bridgehead atoms. The summed E-state index contributed by atoms with van der Waals surface area (Å²) in [7, 11) is 0. The molecule has 6 heteroatoms.